The van der Waals surface area contributed by atoms with E-state index in [9.17, 15) is 0 Å². The Kier molecular flexibility index (Phi) is 1.54. The van der Waals surface area contributed by atoms with Crippen LogP contribution in [0, 0.1) is 0 Å². The summed E-state index contributed by atoms with van der Waals surface area (Å²) in [7, 11) is 0. The van der Waals surface area contributed by atoms with Crippen LogP contribution < -0.4 is 0 Å². The van der Waals surface area contributed by atoms with E-state index in [0.29, 0.717) is 5.88 Å². The number of nitrogens with zero attached hydrogens (tertiary/aromatic N) is 3. The molecule has 2 rings (SSSR count). The summed E-state index contributed by atoms with van der Waals surface area (Å²) in [6.07, 6.45) is 0. The van der Waals surface area contributed by atoms with Crippen LogP contribution >= 0.6 is 12.6 Å². The van der Waals surface area contributed by atoms with Crippen LogP contribution in [0.5, 0.6) is 0 Å². The van der Waals surface area contributed by atoms with E-state index in [1.165, 1.54) is 0 Å². The average Bonchev–Trinajstić information content (AvgIpc) is 2.47. The quantitative estimate of drug-likeness (QED) is 0.640. The maximum Gasteiger partial charge on any atom is 0.113 e. The monoisotopic (exact) mass is 164 g/mol. The minimum absolute atomic E-state index is 0.459. The summed E-state index contributed by atoms with van der Waals surface area (Å²) in [5, 5.41) is 7.81. The normalized spacial score (nSPS) is 10.6. The van der Waals surface area contributed by atoms with Gasteiger partial charge in [0.05, 0.1) is 11.4 Å². The first kappa shape index (κ1) is 6.67. The van der Waals surface area contributed by atoms with Crippen molar-refractivity contribution >= 4 is 23.7 Å². The molecule has 1 radical (unpaired) electrons. The number of benzene rings is 1. The first-order valence-electron chi connectivity index (χ1n) is 3.28. The van der Waals surface area contributed by atoms with Crippen molar-refractivity contribution in [1.29, 1.82) is 0 Å². The zero-order valence-electron chi connectivity index (χ0n) is 5.77. The van der Waals surface area contributed by atoms with Gasteiger partial charge in [-0.2, -0.15) is 0 Å². The molecule has 11 heavy (non-hydrogen) atoms. The van der Waals surface area contributed by atoms with Crippen LogP contribution in [0.2, 0.25) is 0 Å². The van der Waals surface area contributed by atoms with Gasteiger partial charge in [-0.1, -0.05) is 30.0 Å². The minimum Gasteiger partial charge on any atom is -0.234 e. The number of rotatable bonds is 1. The second-order valence-corrected chi connectivity index (χ2v) is 2.46. The molecule has 0 N–H and O–H groups in total. The standard InChI is InChI=1S/C7H6N3S/c11-5-10-7-4-2-1-3-6(7)8-9-10/h1-4H,5H2. The largest absolute Gasteiger partial charge is 0.234 e. The lowest BCUT2D eigenvalue weighted by Crippen LogP contribution is -1.93. The predicted octanol–water partition coefficient (Wildman–Crippen LogP) is 1.59. The molecule has 0 saturated carbocycles. The van der Waals surface area contributed by atoms with E-state index >= 15 is 0 Å². The van der Waals surface area contributed by atoms with Crippen LogP contribution in [0.1, 0.15) is 0 Å². The van der Waals surface area contributed by atoms with Crippen molar-refractivity contribution in [3.63, 3.8) is 0 Å². The van der Waals surface area contributed by atoms with E-state index in [0.717, 1.165) is 11.0 Å². The number of fused-ring (bicyclic) bond motifs is 1. The summed E-state index contributed by atoms with van der Waals surface area (Å²) in [6, 6.07) is 7.77. The molecule has 0 amide bonds. The topological polar surface area (TPSA) is 30.7 Å². The Morgan fingerprint density at radius 1 is 1.36 bits per heavy atom. The lowest BCUT2D eigenvalue weighted by molar-refractivity contribution is 0.725. The van der Waals surface area contributed by atoms with Crippen LogP contribution in [0.25, 0.3) is 11.0 Å². The summed E-state index contributed by atoms with van der Waals surface area (Å²) in [5.41, 5.74) is 1.90. The molecule has 3 nitrogen and oxygen atoms in total. The Bertz CT molecular complexity index is 368. The SMILES string of the molecule is [S]Cn1nnc2ccccc21. The molecule has 0 atom stereocenters. The first-order valence-corrected chi connectivity index (χ1v) is 3.86. The first-order chi connectivity index (χ1) is 5.42. The highest BCUT2D eigenvalue weighted by molar-refractivity contribution is 7.79. The Hall–Kier alpha value is -1.03. The molecule has 0 saturated heterocycles. The molecule has 0 aliphatic heterocycles. The lowest BCUT2D eigenvalue weighted by atomic mass is 10.3. The van der Waals surface area contributed by atoms with Crippen LogP contribution in [0.4, 0.5) is 0 Å². The van der Waals surface area contributed by atoms with Gasteiger partial charge in [-0.3, -0.25) is 0 Å². The van der Waals surface area contributed by atoms with Crippen LogP contribution in [0.15, 0.2) is 24.3 Å². The van der Waals surface area contributed by atoms with Crippen LogP contribution in [-0.4, -0.2) is 15.0 Å². The van der Waals surface area contributed by atoms with E-state index < -0.39 is 0 Å². The fourth-order valence-corrected chi connectivity index (χ4v) is 1.20. The molecule has 1 heterocycles. The third-order valence-corrected chi connectivity index (χ3v) is 1.79. The molecule has 0 unspecified atom stereocenters. The zero-order valence-corrected chi connectivity index (χ0v) is 6.58. The van der Waals surface area contributed by atoms with Crippen molar-refractivity contribution < 1.29 is 0 Å². The average molecular weight is 164 g/mol. The van der Waals surface area contributed by atoms with Gasteiger partial charge in [-0.15, -0.1) is 5.10 Å². The van der Waals surface area contributed by atoms with Crippen molar-refractivity contribution in [2.75, 3.05) is 0 Å². The predicted molar refractivity (Wildman–Crippen MR) is 45.1 cm³/mol. The lowest BCUT2D eigenvalue weighted by Gasteiger charge is -1.92. The number of aromatic nitrogens is 3. The van der Waals surface area contributed by atoms with Gasteiger partial charge >= 0.3 is 0 Å². The summed E-state index contributed by atoms with van der Waals surface area (Å²) in [5.74, 6) is 0.459. The fourth-order valence-electron chi connectivity index (χ4n) is 1.01. The van der Waals surface area contributed by atoms with E-state index in [2.05, 4.69) is 10.3 Å². The van der Waals surface area contributed by atoms with E-state index in [1.54, 1.807) is 4.68 Å². The van der Waals surface area contributed by atoms with E-state index in [4.69, 9.17) is 12.6 Å². The molecule has 55 valence electrons. The summed E-state index contributed by atoms with van der Waals surface area (Å²) < 4.78 is 1.70. The van der Waals surface area contributed by atoms with Crippen molar-refractivity contribution in [2.45, 2.75) is 5.88 Å². The van der Waals surface area contributed by atoms with Gasteiger partial charge in [0.2, 0.25) is 0 Å². The van der Waals surface area contributed by atoms with Crippen molar-refractivity contribution in [2.24, 2.45) is 0 Å². The highest BCUT2D eigenvalue weighted by Gasteiger charge is 1.99. The molecule has 2 aromatic rings. The zero-order chi connectivity index (χ0) is 7.68. The molecular formula is C7H6N3S. The Balaban J connectivity index is 2.76. The Morgan fingerprint density at radius 2 is 2.18 bits per heavy atom. The second kappa shape index (κ2) is 2.54. The highest BCUT2D eigenvalue weighted by atomic mass is 32.1. The van der Waals surface area contributed by atoms with Crippen molar-refractivity contribution in [1.82, 2.24) is 15.0 Å². The highest BCUT2D eigenvalue weighted by Crippen LogP contribution is 2.09. The number of para-hydroxylation sites is 1. The van der Waals surface area contributed by atoms with Crippen molar-refractivity contribution in [3.8, 4) is 0 Å². The molecule has 0 bridgehead atoms. The van der Waals surface area contributed by atoms with Gasteiger partial charge in [-0.25, -0.2) is 4.68 Å². The molecule has 0 aliphatic carbocycles. The molecule has 1 aromatic carbocycles. The van der Waals surface area contributed by atoms with Gasteiger partial charge in [0, 0.05) is 0 Å². The van der Waals surface area contributed by atoms with Gasteiger partial charge in [0.1, 0.15) is 5.52 Å². The molecule has 1 aromatic heterocycles. The van der Waals surface area contributed by atoms with E-state index in [-0.39, 0.29) is 0 Å². The van der Waals surface area contributed by atoms with Gasteiger partial charge in [0.25, 0.3) is 0 Å². The molecule has 4 heteroatoms. The maximum atomic E-state index is 4.86. The third kappa shape index (κ3) is 0.991. The van der Waals surface area contributed by atoms with Gasteiger partial charge in [-0.05, 0) is 12.1 Å². The van der Waals surface area contributed by atoms with Crippen molar-refractivity contribution in [3.05, 3.63) is 24.3 Å². The molecule has 0 aliphatic rings. The van der Waals surface area contributed by atoms with E-state index in [1.807, 2.05) is 24.3 Å². The number of hydrogen-bond donors (Lipinski definition) is 0. The number of hydrogen-bond acceptors (Lipinski definition) is 2. The van der Waals surface area contributed by atoms with Crippen LogP contribution in [0.3, 0.4) is 0 Å². The Labute approximate surface area is 69.4 Å². The Morgan fingerprint density at radius 3 is 3.00 bits per heavy atom. The molecule has 0 fully saturated rings. The molecular weight excluding hydrogens is 158 g/mol. The smallest absolute Gasteiger partial charge is 0.113 e. The summed E-state index contributed by atoms with van der Waals surface area (Å²) >= 11 is 4.86. The fraction of sp³-hybridized carbons (Fsp3) is 0.143. The molecule has 0 spiro atoms. The summed E-state index contributed by atoms with van der Waals surface area (Å²) in [4.78, 5) is 0. The van der Waals surface area contributed by atoms with Gasteiger partial charge < -0.3 is 0 Å². The summed E-state index contributed by atoms with van der Waals surface area (Å²) in [6.45, 7) is 0. The minimum atomic E-state index is 0.459. The van der Waals surface area contributed by atoms with Crippen LogP contribution in [-0.2, 0) is 5.88 Å². The second-order valence-electron chi connectivity index (χ2n) is 2.21. The van der Waals surface area contributed by atoms with Gasteiger partial charge in [0.15, 0.2) is 0 Å². The maximum absolute atomic E-state index is 4.86. The third-order valence-electron chi connectivity index (χ3n) is 1.54.